The third kappa shape index (κ3) is 1.59. The van der Waals surface area contributed by atoms with Crippen molar-refractivity contribution in [3.8, 4) is 0 Å². The van der Waals surface area contributed by atoms with E-state index in [2.05, 4.69) is 55.6 Å². The van der Waals surface area contributed by atoms with Crippen molar-refractivity contribution in [3.63, 3.8) is 0 Å². The summed E-state index contributed by atoms with van der Waals surface area (Å²) in [6, 6.07) is 13.1. The summed E-state index contributed by atoms with van der Waals surface area (Å²) >= 11 is 1.84. The molecule has 2 aromatic carbocycles. The van der Waals surface area contributed by atoms with Gasteiger partial charge in [0.25, 0.3) is 0 Å². The highest BCUT2D eigenvalue weighted by atomic mass is 32.2. The molecule has 0 atom stereocenters. The lowest BCUT2D eigenvalue weighted by atomic mass is 10.2. The molecule has 0 amide bonds. The number of aryl methyl sites for hydroxylation is 2. The molecule has 0 saturated heterocycles. The van der Waals surface area contributed by atoms with Crippen LogP contribution in [0.25, 0.3) is 0 Å². The van der Waals surface area contributed by atoms with Gasteiger partial charge >= 0.3 is 0 Å². The van der Waals surface area contributed by atoms with E-state index in [0.29, 0.717) is 0 Å². The molecule has 2 heteroatoms. The Kier molecular flexibility index (Phi) is 2.18. The fourth-order valence-corrected chi connectivity index (χ4v) is 2.87. The molecule has 0 radical (unpaired) electrons. The van der Waals surface area contributed by atoms with Gasteiger partial charge in [0.1, 0.15) is 0 Å². The van der Waals surface area contributed by atoms with Crippen molar-refractivity contribution in [2.75, 3.05) is 5.32 Å². The molecule has 1 N–H and O–H groups in total. The van der Waals surface area contributed by atoms with Crippen LogP contribution in [0, 0.1) is 13.8 Å². The van der Waals surface area contributed by atoms with Gasteiger partial charge in [-0.15, -0.1) is 0 Å². The molecule has 0 unspecified atom stereocenters. The number of rotatable bonds is 0. The van der Waals surface area contributed by atoms with E-state index in [0.717, 1.165) is 0 Å². The number of nitrogens with one attached hydrogen (secondary N) is 1. The second-order valence-corrected chi connectivity index (χ2v) is 5.31. The molecule has 0 fully saturated rings. The predicted octanol–water partition coefficient (Wildman–Crippen LogP) is 4.51. The van der Waals surface area contributed by atoms with Gasteiger partial charge in [0.15, 0.2) is 0 Å². The Morgan fingerprint density at radius 3 is 1.81 bits per heavy atom. The first-order chi connectivity index (χ1) is 7.72. The largest absolute Gasteiger partial charge is 0.354 e. The topological polar surface area (TPSA) is 12.0 Å². The van der Waals surface area contributed by atoms with Crippen molar-refractivity contribution in [2.24, 2.45) is 0 Å². The van der Waals surface area contributed by atoms with E-state index in [1.54, 1.807) is 0 Å². The van der Waals surface area contributed by atoms with Crippen molar-refractivity contribution < 1.29 is 0 Å². The molecule has 1 nitrogen and oxygen atoms in total. The first-order valence-electron chi connectivity index (χ1n) is 5.38. The fourth-order valence-electron chi connectivity index (χ4n) is 1.92. The summed E-state index contributed by atoms with van der Waals surface area (Å²) in [5.74, 6) is 0. The molecule has 3 rings (SSSR count). The maximum Gasteiger partial charge on any atom is 0.0529 e. The Bertz CT molecular complexity index is 511. The smallest absolute Gasteiger partial charge is 0.0529 e. The standard InChI is InChI=1S/C14H13NS/c1-9-3-5-13-11(7-9)15-12-8-10(2)4-6-14(12)16-13/h3-8,15H,1-2H3. The summed E-state index contributed by atoms with van der Waals surface area (Å²) in [4.78, 5) is 2.61. The van der Waals surface area contributed by atoms with Crippen LogP contribution in [-0.2, 0) is 0 Å². The van der Waals surface area contributed by atoms with Crippen LogP contribution in [-0.4, -0.2) is 0 Å². The van der Waals surface area contributed by atoms with Crippen molar-refractivity contribution in [1.82, 2.24) is 0 Å². The lowest BCUT2D eigenvalue weighted by molar-refractivity contribution is 1.27. The van der Waals surface area contributed by atoms with Gasteiger partial charge in [-0.2, -0.15) is 0 Å². The van der Waals surface area contributed by atoms with E-state index in [1.165, 1.54) is 32.3 Å². The Hall–Kier alpha value is -1.41. The summed E-state index contributed by atoms with van der Waals surface area (Å²) in [6.45, 7) is 4.25. The van der Waals surface area contributed by atoms with Gasteiger partial charge in [0.05, 0.1) is 11.4 Å². The summed E-state index contributed by atoms with van der Waals surface area (Å²) in [5.41, 5.74) is 5.04. The van der Waals surface area contributed by atoms with E-state index in [4.69, 9.17) is 0 Å². The Morgan fingerprint density at radius 2 is 1.31 bits per heavy atom. The average molecular weight is 227 g/mol. The van der Waals surface area contributed by atoms with E-state index < -0.39 is 0 Å². The van der Waals surface area contributed by atoms with Gasteiger partial charge in [-0.05, 0) is 49.2 Å². The summed E-state index contributed by atoms with van der Waals surface area (Å²) < 4.78 is 0. The Labute approximate surface area is 99.9 Å². The molecule has 0 aromatic heterocycles. The fraction of sp³-hybridized carbons (Fsp3) is 0.143. The van der Waals surface area contributed by atoms with E-state index in [9.17, 15) is 0 Å². The lowest BCUT2D eigenvalue weighted by Crippen LogP contribution is -2.00. The molecule has 0 bridgehead atoms. The summed E-state index contributed by atoms with van der Waals surface area (Å²) in [6.07, 6.45) is 0. The molecule has 0 spiro atoms. The number of hydrogen-bond acceptors (Lipinski definition) is 2. The quantitative estimate of drug-likeness (QED) is 0.606. The first kappa shape index (κ1) is 9.79. The van der Waals surface area contributed by atoms with Crippen LogP contribution < -0.4 is 5.32 Å². The Balaban J connectivity index is 2.10. The van der Waals surface area contributed by atoms with Gasteiger partial charge in [-0.1, -0.05) is 23.9 Å². The SMILES string of the molecule is Cc1ccc2c(c1)Nc1cc(C)ccc1S2. The van der Waals surface area contributed by atoms with Crippen LogP contribution in [0.4, 0.5) is 11.4 Å². The highest BCUT2D eigenvalue weighted by Crippen LogP contribution is 2.44. The minimum absolute atomic E-state index is 1.23. The van der Waals surface area contributed by atoms with Crippen molar-refractivity contribution in [3.05, 3.63) is 47.5 Å². The zero-order valence-electron chi connectivity index (χ0n) is 9.37. The molecule has 0 aliphatic carbocycles. The number of anilines is 2. The molecule has 1 aliphatic heterocycles. The van der Waals surface area contributed by atoms with Crippen LogP contribution in [0.5, 0.6) is 0 Å². The molecule has 1 heterocycles. The molecular formula is C14H13NS. The van der Waals surface area contributed by atoms with Crippen LogP contribution in [0.2, 0.25) is 0 Å². The molecule has 2 aromatic rings. The average Bonchev–Trinajstić information content (AvgIpc) is 2.26. The monoisotopic (exact) mass is 227 g/mol. The van der Waals surface area contributed by atoms with E-state index >= 15 is 0 Å². The van der Waals surface area contributed by atoms with Crippen molar-refractivity contribution in [1.29, 1.82) is 0 Å². The normalized spacial score (nSPS) is 12.6. The zero-order valence-corrected chi connectivity index (χ0v) is 10.2. The van der Waals surface area contributed by atoms with E-state index in [-0.39, 0.29) is 0 Å². The van der Waals surface area contributed by atoms with Gasteiger partial charge < -0.3 is 5.32 Å². The van der Waals surface area contributed by atoms with Crippen LogP contribution in [0.1, 0.15) is 11.1 Å². The number of benzene rings is 2. The number of hydrogen-bond donors (Lipinski definition) is 1. The van der Waals surface area contributed by atoms with Crippen molar-refractivity contribution >= 4 is 23.1 Å². The molecular weight excluding hydrogens is 214 g/mol. The summed E-state index contributed by atoms with van der Waals surface area (Å²) in [5, 5.41) is 3.50. The number of fused-ring (bicyclic) bond motifs is 2. The zero-order chi connectivity index (χ0) is 11.1. The molecule has 1 aliphatic rings. The van der Waals surface area contributed by atoms with Gasteiger partial charge in [0.2, 0.25) is 0 Å². The van der Waals surface area contributed by atoms with Gasteiger partial charge in [-0.3, -0.25) is 0 Å². The summed E-state index contributed by atoms with van der Waals surface area (Å²) in [7, 11) is 0. The maximum atomic E-state index is 3.50. The van der Waals surface area contributed by atoms with E-state index in [1.807, 2.05) is 11.8 Å². The van der Waals surface area contributed by atoms with Crippen LogP contribution >= 0.6 is 11.8 Å². The first-order valence-corrected chi connectivity index (χ1v) is 6.20. The molecule has 0 saturated carbocycles. The van der Waals surface area contributed by atoms with Crippen LogP contribution in [0.3, 0.4) is 0 Å². The highest BCUT2D eigenvalue weighted by molar-refractivity contribution is 7.99. The van der Waals surface area contributed by atoms with Gasteiger partial charge in [-0.25, -0.2) is 0 Å². The lowest BCUT2D eigenvalue weighted by Gasteiger charge is -2.21. The predicted molar refractivity (Wildman–Crippen MR) is 69.8 cm³/mol. The highest BCUT2D eigenvalue weighted by Gasteiger charge is 2.14. The third-order valence-electron chi connectivity index (χ3n) is 2.76. The minimum Gasteiger partial charge on any atom is -0.354 e. The molecule has 80 valence electrons. The van der Waals surface area contributed by atoms with Crippen molar-refractivity contribution in [2.45, 2.75) is 23.6 Å². The second kappa shape index (κ2) is 3.56. The molecule has 16 heavy (non-hydrogen) atoms. The minimum atomic E-state index is 1.23. The van der Waals surface area contributed by atoms with Crippen LogP contribution in [0.15, 0.2) is 46.2 Å². The maximum absolute atomic E-state index is 3.50. The van der Waals surface area contributed by atoms with Gasteiger partial charge in [0, 0.05) is 9.79 Å². The second-order valence-electron chi connectivity index (χ2n) is 4.23. The third-order valence-corrected chi connectivity index (χ3v) is 3.91. The Morgan fingerprint density at radius 1 is 0.812 bits per heavy atom.